The van der Waals surface area contributed by atoms with Crippen LogP contribution < -0.4 is 0 Å². The predicted octanol–water partition coefficient (Wildman–Crippen LogP) is 11.9. The molecule has 0 aliphatic carbocycles. The zero-order valence-electron chi connectivity index (χ0n) is 31.1. The fourth-order valence-electron chi connectivity index (χ4n) is 5.67. The molecule has 9 heteroatoms. The summed E-state index contributed by atoms with van der Waals surface area (Å²) in [5, 5.41) is 0. The zero-order valence-corrected chi connectivity index (χ0v) is 32.0. The van der Waals surface area contributed by atoms with Crippen LogP contribution in [0.1, 0.15) is 207 Å². The Morgan fingerprint density at radius 3 is 1.23 bits per heavy atom. The number of phosphoric acid groups is 1. The molecule has 0 bridgehead atoms. The fraction of sp³-hybridized carbons (Fsp3) is 0.947. The number of esters is 2. The van der Waals surface area contributed by atoms with E-state index in [-0.39, 0.29) is 19.0 Å². The van der Waals surface area contributed by atoms with Crippen molar-refractivity contribution in [2.45, 2.75) is 220 Å². The van der Waals surface area contributed by atoms with Gasteiger partial charge in [0.15, 0.2) is 6.10 Å². The van der Waals surface area contributed by atoms with Gasteiger partial charge in [-0.05, 0) is 26.7 Å². The molecular weight excluding hydrogens is 615 g/mol. The molecule has 0 saturated heterocycles. The maximum absolute atomic E-state index is 12.5. The van der Waals surface area contributed by atoms with E-state index in [1.807, 2.05) is 0 Å². The van der Waals surface area contributed by atoms with Gasteiger partial charge in [0, 0.05) is 12.8 Å². The van der Waals surface area contributed by atoms with Crippen molar-refractivity contribution in [3.63, 3.8) is 0 Å². The van der Waals surface area contributed by atoms with Gasteiger partial charge in [0.1, 0.15) is 6.61 Å². The lowest BCUT2D eigenvalue weighted by atomic mass is 10.0. The molecule has 0 saturated carbocycles. The maximum atomic E-state index is 12.5. The summed E-state index contributed by atoms with van der Waals surface area (Å²) in [6.07, 6.45) is 30.9. The van der Waals surface area contributed by atoms with Gasteiger partial charge >= 0.3 is 19.8 Å². The third kappa shape index (κ3) is 34.7. The second-order valence-electron chi connectivity index (χ2n) is 13.7. The lowest BCUT2D eigenvalue weighted by Crippen LogP contribution is -2.29. The molecule has 0 radical (unpaired) electrons. The van der Waals surface area contributed by atoms with Gasteiger partial charge in [-0.15, -0.1) is 0 Å². The van der Waals surface area contributed by atoms with Crippen LogP contribution in [0, 0.1) is 0 Å². The quantitative estimate of drug-likeness (QED) is 0.0393. The molecule has 1 N–H and O–H groups in total. The summed E-state index contributed by atoms with van der Waals surface area (Å²) in [6.45, 7) is 7.13. The Morgan fingerprint density at radius 1 is 0.532 bits per heavy atom. The lowest BCUT2D eigenvalue weighted by molar-refractivity contribution is -0.161. The summed E-state index contributed by atoms with van der Waals surface area (Å²) in [5.74, 6) is -0.789. The molecule has 0 aliphatic heterocycles. The van der Waals surface area contributed by atoms with E-state index < -0.39 is 32.6 Å². The molecule has 2 atom stereocenters. The average molecular weight is 691 g/mol. The average Bonchev–Trinajstić information content (AvgIpc) is 3.02. The van der Waals surface area contributed by atoms with Crippen LogP contribution in [-0.4, -0.2) is 42.3 Å². The van der Waals surface area contributed by atoms with E-state index in [1.54, 1.807) is 13.8 Å². The van der Waals surface area contributed by atoms with Crippen LogP contribution in [0.3, 0.4) is 0 Å². The molecule has 2 unspecified atom stereocenters. The number of hydrogen-bond acceptors (Lipinski definition) is 7. The number of carbonyl (C=O) groups is 2. The Labute approximate surface area is 289 Å². The summed E-state index contributed by atoms with van der Waals surface area (Å²) in [6, 6.07) is 0. The number of ether oxygens (including phenoxy) is 2. The van der Waals surface area contributed by atoms with Crippen molar-refractivity contribution in [3.05, 3.63) is 0 Å². The van der Waals surface area contributed by atoms with Gasteiger partial charge in [0.25, 0.3) is 0 Å². The van der Waals surface area contributed by atoms with Gasteiger partial charge < -0.3 is 14.4 Å². The van der Waals surface area contributed by atoms with Gasteiger partial charge in [0.2, 0.25) is 0 Å². The van der Waals surface area contributed by atoms with Gasteiger partial charge in [-0.2, -0.15) is 0 Å². The van der Waals surface area contributed by atoms with Crippen LogP contribution in [-0.2, 0) is 32.7 Å². The lowest BCUT2D eigenvalue weighted by Gasteiger charge is -2.20. The third-order valence-electron chi connectivity index (χ3n) is 8.46. The standard InChI is InChI=1S/C38H75O8P/c1-5-7-9-11-13-15-17-19-21-23-25-27-29-31-37(39)43-33-36(34-44-47(41,42)46-35(3)4)45-38(40)32-30-28-26-24-22-20-18-16-14-12-10-8-6-2/h35-36H,5-34H2,1-4H3,(H,41,42). The molecule has 0 spiro atoms. The van der Waals surface area contributed by atoms with Crippen LogP contribution >= 0.6 is 7.82 Å². The summed E-state index contributed by atoms with van der Waals surface area (Å²) in [7, 11) is -4.32. The normalized spacial score (nSPS) is 13.5. The van der Waals surface area contributed by atoms with Gasteiger partial charge in [-0.1, -0.05) is 168 Å². The number of phosphoric ester groups is 1. The van der Waals surface area contributed by atoms with E-state index >= 15 is 0 Å². The Balaban J connectivity index is 4.19. The molecule has 0 rings (SSSR count). The number of hydrogen-bond donors (Lipinski definition) is 1. The summed E-state index contributed by atoms with van der Waals surface area (Å²) in [5.41, 5.74) is 0. The van der Waals surface area contributed by atoms with Gasteiger partial charge in [-0.3, -0.25) is 18.6 Å². The largest absolute Gasteiger partial charge is 0.472 e. The van der Waals surface area contributed by atoms with Crippen LogP contribution in [0.4, 0.5) is 0 Å². The van der Waals surface area contributed by atoms with Crippen LogP contribution in [0.15, 0.2) is 0 Å². The highest BCUT2D eigenvalue weighted by molar-refractivity contribution is 7.47. The molecule has 0 aromatic heterocycles. The van der Waals surface area contributed by atoms with E-state index in [4.69, 9.17) is 18.5 Å². The van der Waals surface area contributed by atoms with Crippen molar-refractivity contribution in [1.29, 1.82) is 0 Å². The van der Waals surface area contributed by atoms with E-state index in [9.17, 15) is 19.0 Å². The maximum Gasteiger partial charge on any atom is 0.472 e. The minimum absolute atomic E-state index is 0.219. The van der Waals surface area contributed by atoms with Crippen molar-refractivity contribution in [2.75, 3.05) is 13.2 Å². The first kappa shape index (κ1) is 46.0. The van der Waals surface area contributed by atoms with Crippen LogP contribution in [0.5, 0.6) is 0 Å². The van der Waals surface area contributed by atoms with Crippen LogP contribution in [0.2, 0.25) is 0 Å². The predicted molar refractivity (Wildman–Crippen MR) is 193 cm³/mol. The first-order chi connectivity index (χ1) is 22.7. The molecule has 280 valence electrons. The first-order valence-electron chi connectivity index (χ1n) is 19.7. The van der Waals surface area contributed by atoms with E-state index in [0.29, 0.717) is 6.42 Å². The van der Waals surface area contributed by atoms with Crippen LogP contribution in [0.25, 0.3) is 0 Å². The van der Waals surface area contributed by atoms with Crippen molar-refractivity contribution < 1.29 is 37.6 Å². The van der Waals surface area contributed by atoms with Crippen molar-refractivity contribution >= 4 is 19.8 Å². The minimum atomic E-state index is -4.32. The molecular formula is C38H75O8P. The highest BCUT2D eigenvalue weighted by Gasteiger charge is 2.27. The number of unbranched alkanes of at least 4 members (excludes halogenated alkanes) is 24. The Kier molecular flexibility index (Phi) is 32.9. The smallest absolute Gasteiger partial charge is 0.462 e. The topological polar surface area (TPSA) is 108 Å². The fourth-order valence-corrected chi connectivity index (χ4v) is 6.62. The van der Waals surface area contributed by atoms with Crippen molar-refractivity contribution in [1.82, 2.24) is 0 Å². The van der Waals surface area contributed by atoms with Gasteiger partial charge in [-0.25, -0.2) is 4.57 Å². The monoisotopic (exact) mass is 691 g/mol. The minimum Gasteiger partial charge on any atom is -0.462 e. The first-order valence-corrected chi connectivity index (χ1v) is 21.2. The molecule has 0 aromatic rings. The molecule has 0 amide bonds. The molecule has 8 nitrogen and oxygen atoms in total. The van der Waals surface area contributed by atoms with Crippen molar-refractivity contribution in [3.8, 4) is 0 Å². The van der Waals surface area contributed by atoms with Crippen molar-refractivity contribution in [2.24, 2.45) is 0 Å². The second-order valence-corrected chi connectivity index (χ2v) is 15.1. The molecule has 0 fully saturated rings. The Bertz CT molecular complexity index is 760. The Morgan fingerprint density at radius 2 is 0.872 bits per heavy atom. The van der Waals surface area contributed by atoms with E-state index in [1.165, 1.54) is 128 Å². The molecule has 0 heterocycles. The van der Waals surface area contributed by atoms with E-state index in [0.717, 1.165) is 38.5 Å². The number of rotatable bonds is 36. The van der Waals surface area contributed by atoms with Gasteiger partial charge in [0.05, 0.1) is 12.7 Å². The summed E-state index contributed by atoms with van der Waals surface area (Å²) in [4.78, 5) is 34.8. The highest BCUT2D eigenvalue weighted by atomic mass is 31.2. The Hall–Kier alpha value is -0.950. The molecule has 0 aromatic carbocycles. The highest BCUT2D eigenvalue weighted by Crippen LogP contribution is 2.44. The summed E-state index contributed by atoms with van der Waals surface area (Å²) >= 11 is 0. The van der Waals surface area contributed by atoms with E-state index in [2.05, 4.69) is 13.8 Å². The third-order valence-corrected chi connectivity index (χ3v) is 9.63. The zero-order chi connectivity index (χ0) is 34.9. The molecule has 0 aliphatic rings. The molecule has 47 heavy (non-hydrogen) atoms. The second kappa shape index (κ2) is 33.5. The SMILES string of the molecule is CCCCCCCCCCCCCCCC(=O)OCC(COP(=O)(O)OC(C)C)OC(=O)CCCCCCCCCCCCCCC. The number of carbonyl (C=O) groups excluding carboxylic acids is 2. The summed E-state index contributed by atoms with van der Waals surface area (Å²) < 4.78 is 33.1.